The van der Waals surface area contributed by atoms with Crippen molar-refractivity contribution in [3.8, 4) is 0 Å². The normalized spacial score (nSPS) is 14.8. The van der Waals surface area contributed by atoms with E-state index in [9.17, 15) is 9.59 Å². The van der Waals surface area contributed by atoms with Gasteiger partial charge in [0.05, 0.1) is 35.6 Å². The summed E-state index contributed by atoms with van der Waals surface area (Å²) in [6, 6.07) is 21.1. The zero-order valence-electron chi connectivity index (χ0n) is 19.8. The molecule has 5 rings (SSSR count). The molecule has 4 aromatic rings. The molecule has 3 heterocycles. The first-order chi connectivity index (χ1) is 17.1. The summed E-state index contributed by atoms with van der Waals surface area (Å²) in [6.07, 6.45) is 2.15. The highest BCUT2D eigenvalue weighted by atomic mass is 16.5. The second-order valence-corrected chi connectivity index (χ2v) is 8.58. The van der Waals surface area contributed by atoms with Crippen molar-refractivity contribution in [2.24, 2.45) is 0 Å². The van der Waals surface area contributed by atoms with Gasteiger partial charge in [0.25, 0.3) is 0 Å². The summed E-state index contributed by atoms with van der Waals surface area (Å²) >= 11 is 0. The number of hydrogen-bond acceptors (Lipinski definition) is 5. The van der Waals surface area contributed by atoms with Crippen LogP contribution in [0.5, 0.6) is 0 Å². The number of carbonyl (C=O) groups is 2. The summed E-state index contributed by atoms with van der Waals surface area (Å²) in [5.74, 6) is 0.600. The van der Waals surface area contributed by atoms with Crippen LogP contribution in [0, 0.1) is 0 Å². The largest absolute Gasteiger partial charge is 0.466 e. The molecule has 1 saturated heterocycles. The molecule has 8 nitrogen and oxygen atoms in total. The van der Waals surface area contributed by atoms with Crippen molar-refractivity contribution in [1.82, 2.24) is 19.6 Å². The van der Waals surface area contributed by atoms with Crippen LogP contribution in [0.4, 0.5) is 10.6 Å². The number of ether oxygens (including phenoxy) is 1. The average molecular weight is 472 g/mol. The van der Waals surface area contributed by atoms with Crippen molar-refractivity contribution >= 4 is 34.4 Å². The fourth-order valence-corrected chi connectivity index (χ4v) is 4.63. The van der Waals surface area contributed by atoms with E-state index in [1.54, 1.807) is 11.8 Å². The van der Waals surface area contributed by atoms with E-state index in [4.69, 9.17) is 9.72 Å². The van der Waals surface area contributed by atoms with Gasteiger partial charge in [-0.05, 0) is 36.8 Å². The Labute approximate surface area is 204 Å². The number of urea groups is 1. The van der Waals surface area contributed by atoms with E-state index in [1.165, 1.54) is 0 Å². The van der Waals surface area contributed by atoms with Crippen molar-refractivity contribution in [3.63, 3.8) is 0 Å². The van der Waals surface area contributed by atoms with E-state index in [0.717, 1.165) is 27.9 Å². The summed E-state index contributed by atoms with van der Waals surface area (Å²) in [7, 11) is 0. The molecule has 1 fully saturated rings. The highest BCUT2D eigenvalue weighted by molar-refractivity contribution is 5.85. The summed E-state index contributed by atoms with van der Waals surface area (Å²) in [6.45, 7) is 4.57. The number of piperazine rings is 1. The lowest BCUT2D eigenvalue weighted by Gasteiger charge is -2.36. The number of nitrogens with one attached hydrogen (secondary N) is 1. The lowest BCUT2D eigenvalue weighted by atomic mass is 10.0. The van der Waals surface area contributed by atoms with E-state index < -0.39 is 6.04 Å². The van der Waals surface area contributed by atoms with E-state index in [1.807, 2.05) is 54.6 Å². The molecule has 1 atom stereocenters. The van der Waals surface area contributed by atoms with Crippen molar-refractivity contribution in [2.75, 3.05) is 37.7 Å². The average Bonchev–Trinajstić information content (AvgIpc) is 3.39. The standard InChI is InChI=1S/C27H29N5O3/c1-2-35-25(33)19-22(20-9-4-3-5-10-20)29-27(34)31-17-15-30(16-18-31)26-24-13-8-14-32(24)23-12-7-6-11-21(23)28-26/h3-14,22H,2,15-19H2,1H3,(H,29,34)/t22-/m0/s1. The molecule has 0 spiro atoms. The van der Waals surface area contributed by atoms with Gasteiger partial charge in [0.15, 0.2) is 5.82 Å². The maximum atomic E-state index is 13.1. The molecule has 0 bridgehead atoms. The van der Waals surface area contributed by atoms with Crippen molar-refractivity contribution < 1.29 is 14.3 Å². The Morgan fingerprint density at radius 1 is 0.943 bits per heavy atom. The van der Waals surface area contributed by atoms with Crippen LogP contribution in [0.3, 0.4) is 0 Å². The van der Waals surface area contributed by atoms with Crippen LogP contribution in [0.25, 0.3) is 16.6 Å². The second kappa shape index (κ2) is 10.0. The number of fused-ring (bicyclic) bond motifs is 3. The van der Waals surface area contributed by atoms with Gasteiger partial charge in [-0.3, -0.25) is 4.79 Å². The van der Waals surface area contributed by atoms with Gasteiger partial charge in [0.1, 0.15) is 0 Å². The van der Waals surface area contributed by atoms with Gasteiger partial charge in [-0.2, -0.15) is 0 Å². The minimum Gasteiger partial charge on any atom is -0.466 e. The van der Waals surface area contributed by atoms with Gasteiger partial charge < -0.3 is 24.3 Å². The third-order valence-electron chi connectivity index (χ3n) is 6.39. The number of carbonyl (C=O) groups excluding carboxylic acids is 2. The molecule has 0 saturated carbocycles. The summed E-state index contributed by atoms with van der Waals surface area (Å²) in [5.41, 5.74) is 3.95. The fourth-order valence-electron chi connectivity index (χ4n) is 4.63. The first kappa shape index (κ1) is 22.7. The summed E-state index contributed by atoms with van der Waals surface area (Å²) in [4.78, 5) is 34.3. The van der Waals surface area contributed by atoms with Gasteiger partial charge in [-0.1, -0.05) is 42.5 Å². The monoisotopic (exact) mass is 471 g/mol. The number of hydrogen-bond donors (Lipinski definition) is 1. The van der Waals surface area contributed by atoms with Crippen LogP contribution in [-0.4, -0.2) is 59.1 Å². The van der Waals surface area contributed by atoms with Gasteiger partial charge in [-0.25, -0.2) is 9.78 Å². The van der Waals surface area contributed by atoms with Gasteiger partial charge in [-0.15, -0.1) is 0 Å². The lowest BCUT2D eigenvalue weighted by Crippen LogP contribution is -2.52. The van der Waals surface area contributed by atoms with Crippen molar-refractivity contribution in [2.45, 2.75) is 19.4 Å². The number of amides is 2. The third-order valence-corrected chi connectivity index (χ3v) is 6.39. The Morgan fingerprint density at radius 3 is 2.43 bits per heavy atom. The topological polar surface area (TPSA) is 79.2 Å². The zero-order chi connectivity index (χ0) is 24.2. The predicted molar refractivity (Wildman–Crippen MR) is 135 cm³/mol. The van der Waals surface area contributed by atoms with Crippen LogP contribution in [-0.2, 0) is 9.53 Å². The van der Waals surface area contributed by atoms with E-state index in [0.29, 0.717) is 32.8 Å². The number of aromatic nitrogens is 2. The highest BCUT2D eigenvalue weighted by Gasteiger charge is 2.26. The predicted octanol–water partition coefficient (Wildman–Crippen LogP) is 4.01. The van der Waals surface area contributed by atoms with Crippen LogP contribution in [0.15, 0.2) is 72.9 Å². The first-order valence-corrected chi connectivity index (χ1v) is 12.0. The Hall–Kier alpha value is -4.07. The Kier molecular flexibility index (Phi) is 6.52. The van der Waals surface area contributed by atoms with E-state index in [2.05, 4.69) is 32.9 Å². The Balaban J connectivity index is 1.28. The minimum absolute atomic E-state index is 0.0940. The van der Waals surface area contributed by atoms with Gasteiger partial charge >= 0.3 is 12.0 Å². The highest BCUT2D eigenvalue weighted by Crippen LogP contribution is 2.26. The molecule has 1 aliphatic heterocycles. The number of esters is 1. The minimum atomic E-state index is -0.441. The molecular weight excluding hydrogens is 442 g/mol. The molecule has 1 aliphatic rings. The lowest BCUT2D eigenvalue weighted by molar-refractivity contribution is -0.143. The van der Waals surface area contributed by atoms with Crippen molar-refractivity contribution in [1.29, 1.82) is 0 Å². The molecule has 0 radical (unpaired) electrons. The first-order valence-electron chi connectivity index (χ1n) is 12.0. The molecule has 180 valence electrons. The Morgan fingerprint density at radius 2 is 1.66 bits per heavy atom. The van der Waals surface area contributed by atoms with Crippen LogP contribution < -0.4 is 10.2 Å². The quantitative estimate of drug-likeness (QED) is 0.430. The molecule has 35 heavy (non-hydrogen) atoms. The van der Waals surface area contributed by atoms with Crippen LogP contribution >= 0.6 is 0 Å². The number of anilines is 1. The number of benzene rings is 2. The summed E-state index contributed by atoms with van der Waals surface area (Å²) < 4.78 is 7.29. The maximum absolute atomic E-state index is 13.1. The number of rotatable bonds is 6. The summed E-state index contributed by atoms with van der Waals surface area (Å²) in [5, 5.41) is 3.04. The fraction of sp³-hybridized carbons (Fsp3) is 0.296. The van der Waals surface area contributed by atoms with Gasteiger partial charge in [0.2, 0.25) is 0 Å². The van der Waals surface area contributed by atoms with Crippen LogP contribution in [0.1, 0.15) is 24.9 Å². The number of para-hydroxylation sites is 2. The second-order valence-electron chi connectivity index (χ2n) is 8.58. The SMILES string of the molecule is CCOC(=O)C[C@H](NC(=O)N1CCN(c2nc3ccccc3n3cccc23)CC1)c1ccccc1. The van der Waals surface area contributed by atoms with Crippen molar-refractivity contribution in [3.05, 3.63) is 78.5 Å². The maximum Gasteiger partial charge on any atom is 0.318 e. The van der Waals surface area contributed by atoms with Crippen LogP contribution in [0.2, 0.25) is 0 Å². The Bertz CT molecular complexity index is 1330. The number of nitrogens with zero attached hydrogens (tertiary/aromatic N) is 4. The molecule has 1 N–H and O–H groups in total. The van der Waals surface area contributed by atoms with Gasteiger partial charge in [0, 0.05) is 32.4 Å². The smallest absolute Gasteiger partial charge is 0.318 e. The molecule has 0 aliphatic carbocycles. The zero-order valence-corrected chi connectivity index (χ0v) is 19.8. The van der Waals surface area contributed by atoms with E-state index >= 15 is 0 Å². The molecule has 0 unspecified atom stereocenters. The molecule has 2 aromatic carbocycles. The van der Waals surface area contributed by atoms with E-state index in [-0.39, 0.29) is 18.4 Å². The third kappa shape index (κ3) is 4.77. The molecular formula is C27H29N5O3. The molecule has 8 heteroatoms. The molecule has 2 amide bonds. The molecule has 2 aromatic heterocycles.